The zero-order valence-electron chi connectivity index (χ0n) is 19.2. The molecule has 0 unspecified atom stereocenters. The van der Waals surface area contributed by atoms with Gasteiger partial charge in [-0.05, 0) is 47.7 Å². The first-order chi connectivity index (χ1) is 16.9. The van der Waals surface area contributed by atoms with E-state index in [4.69, 9.17) is 4.74 Å². The number of para-hydroxylation sites is 1. The predicted octanol–water partition coefficient (Wildman–Crippen LogP) is 2.62. The first-order valence-corrected chi connectivity index (χ1v) is 11.9. The van der Waals surface area contributed by atoms with E-state index in [0.717, 1.165) is 22.3 Å². The van der Waals surface area contributed by atoms with Gasteiger partial charge in [-0.3, -0.25) is 19.3 Å². The van der Waals surface area contributed by atoms with Crippen molar-refractivity contribution in [2.24, 2.45) is 0 Å². The quantitative estimate of drug-likeness (QED) is 0.427. The monoisotopic (exact) mass is 495 g/mol. The molecule has 10 heteroatoms. The second-order valence-corrected chi connectivity index (χ2v) is 8.90. The summed E-state index contributed by atoms with van der Waals surface area (Å²) in [7, 11) is 1.28. The number of methoxy groups -OCH3 is 1. The summed E-state index contributed by atoms with van der Waals surface area (Å²) >= 11 is 0.811. The fourth-order valence-corrected chi connectivity index (χ4v) is 4.58. The third kappa shape index (κ3) is 6.02. The molecule has 2 aliphatic heterocycles. The Labute approximate surface area is 207 Å². The second-order valence-electron chi connectivity index (χ2n) is 7.91. The van der Waals surface area contributed by atoms with Gasteiger partial charge in [0.25, 0.3) is 11.1 Å². The zero-order chi connectivity index (χ0) is 24.8. The number of nitrogens with zero attached hydrogens (tertiary/aromatic N) is 3. The van der Waals surface area contributed by atoms with Gasteiger partial charge < -0.3 is 19.3 Å². The number of thioether (sulfide) groups is 1. The maximum Gasteiger partial charge on any atom is 0.343 e. The summed E-state index contributed by atoms with van der Waals surface area (Å²) in [5, 5.41) is -0.462. The summed E-state index contributed by atoms with van der Waals surface area (Å²) in [4.78, 5) is 54.4. The van der Waals surface area contributed by atoms with E-state index in [1.165, 1.54) is 7.11 Å². The molecule has 2 aromatic carbocycles. The van der Waals surface area contributed by atoms with Gasteiger partial charge in [-0.1, -0.05) is 30.3 Å². The fourth-order valence-electron chi connectivity index (χ4n) is 3.74. The van der Waals surface area contributed by atoms with E-state index in [-0.39, 0.29) is 24.0 Å². The third-order valence-electron chi connectivity index (χ3n) is 5.68. The van der Waals surface area contributed by atoms with Crippen LogP contribution in [0.1, 0.15) is 5.56 Å². The summed E-state index contributed by atoms with van der Waals surface area (Å²) in [6, 6.07) is 16.7. The van der Waals surface area contributed by atoms with Gasteiger partial charge in [0, 0.05) is 31.9 Å². The minimum atomic E-state index is -0.490. The van der Waals surface area contributed by atoms with Crippen LogP contribution in [0.25, 0.3) is 6.08 Å². The van der Waals surface area contributed by atoms with Crippen LogP contribution in [-0.2, 0) is 19.1 Å². The van der Waals surface area contributed by atoms with E-state index >= 15 is 0 Å². The van der Waals surface area contributed by atoms with Crippen LogP contribution in [0.5, 0.6) is 5.75 Å². The van der Waals surface area contributed by atoms with Gasteiger partial charge in [0.05, 0.1) is 12.0 Å². The van der Waals surface area contributed by atoms with Crippen LogP contribution in [0.2, 0.25) is 0 Å². The fraction of sp³-hybridized carbons (Fsp3) is 0.280. The lowest BCUT2D eigenvalue weighted by atomic mass is 10.2. The molecule has 0 saturated carbocycles. The van der Waals surface area contributed by atoms with Crippen molar-refractivity contribution in [3.05, 3.63) is 65.1 Å². The summed E-state index contributed by atoms with van der Waals surface area (Å²) in [5.74, 6) is -0.746. The number of carbonyl (C=O) groups excluding carboxylic acids is 4. The van der Waals surface area contributed by atoms with Crippen molar-refractivity contribution in [2.45, 2.75) is 0 Å². The topological polar surface area (TPSA) is 96.5 Å². The zero-order valence-corrected chi connectivity index (χ0v) is 20.0. The van der Waals surface area contributed by atoms with Crippen LogP contribution in [0, 0.1) is 0 Å². The largest absolute Gasteiger partial charge is 0.482 e. The average molecular weight is 496 g/mol. The van der Waals surface area contributed by atoms with Crippen LogP contribution >= 0.6 is 11.8 Å². The first kappa shape index (κ1) is 24.3. The summed E-state index contributed by atoms with van der Waals surface area (Å²) in [6.45, 7) is 1.97. The number of amides is 3. The smallest absolute Gasteiger partial charge is 0.343 e. The maximum absolute atomic E-state index is 12.8. The molecular weight excluding hydrogens is 470 g/mol. The lowest BCUT2D eigenvalue weighted by Crippen LogP contribution is -2.51. The molecule has 2 saturated heterocycles. The average Bonchev–Trinajstić information content (AvgIpc) is 3.15. The highest BCUT2D eigenvalue weighted by Crippen LogP contribution is 2.32. The summed E-state index contributed by atoms with van der Waals surface area (Å²) in [6.07, 6.45) is 1.60. The minimum absolute atomic E-state index is 0.204. The second kappa shape index (κ2) is 11.1. The van der Waals surface area contributed by atoms with Crippen LogP contribution < -0.4 is 9.64 Å². The van der Waals surface area contributed by atoms with E-state index in [1.807, 2.05) is 30.3 Å². The van der Waals surface area contributed by atoms with E-state index in [1.54, 1.807) is 35.2 Å². The maximum atomic E-state index is 12.8. The normalized spacial score (nSPS) is 17.2. The van der Waals surface area contributed by atoms with Crippen molar-refractivity contribution in [3.63, 3.8) is 0 Å². The van der Waals surface area contributed by atoms with Crippen LogP contribution in [0.4, 0.5) is 10.5 Å². The van der Waals surface area contributed by atoms with Crippen LogP contribution in [-0.4, -0.2) is 79.3 Å². The molecule has 2 fully saturated rings. The van der Waals surface area contributed by atoms with Gasteiger partial charge in [-0.15, -0.1) is 0 Å². The van der Waals surface area contributed by atoms with E-state index in [2.05, 4.69) is 9.64 Å². The number of hydrogen-bond acceptors (Lipinski definition) is 8. The van der Waals surface area contributed by atoms with Gasteiger partial charge in [-0.2, -0.15) is 0 Å². The summed E-state index contributed by atoms with van der Waals surface area (Å²) < 4.78 is 9.82. The van der Waals surface area contributed by atoms with E-state index in [9.17, 15) is 19.2 Å². The van der Waals surface area contributed by atoms with Crippen LogP contribution in [0.15, 0.2) is 59.5 Å². The molecule has 2 aliphatic rings. The Morgan fingerprint density at radius 1 is 0.971 bits per heavy atom. The predicted molar refractivity (Wildman–Crippen MR) is 132 cm³/mol. The standard InChI is InChI=1S/C25H25N3O6S/c1-33-23(30)17-34-20-9-7-18(8-10-20)15-21-24(31)28(25(32)35-21)16-22(29)27-13-11-26(12-14-27)19-5-3-2-4-6-19/h2-10,15H,11-14,16-17H2,1H3/b21-15+. The number of ether oxygens (including phenoxy) is 2. The molecule has 0 aromatic heterocycles. The Morgan fingerprint density at radius 3 is 2.31 bits per heavy atom. The molecule has 0 atom stereocenters. The Balaban J connectivity index is 1.32. The molecule has 0 radical (unpaired) electrons. The lowest BCUT2D eigenvalue weighted by molar-refractivity contribution is -0.143. The SMILES string of the molecule is COC(=O)COc1ccc(/C=C2/SC(=O)N(CC(=O)N3CCN(c4ccccc4)CC3)C2=O)cc1. The van der Waals surface area contributed by atoms with Crippen molar-refractivity contribution < 1.29 is 28.7 Å². The van der Waals surface area contributed by atoms with Crippen molar-refractivity contribution >= 4 is 46.5 Å². The molecule has 0 N–H and O–H groups in total. The molecule has 9 nitrogen and oxygen atoms in total. The van der Waals surface area contributed by atoms with Gasteiger partial charge in [-0.25, -0.2) is 4.79 Å². The highest BCUT2D eigenvalue weighted by molar-refractivity contribution is 8.18. The van der Waals surface area contributed by atoms with Gasteiger partial charge in [0.2, 0.25) is 5.91 Å². The molecule has 182 valence electrons. The molecule has 0 bridgehead atoms. The number of piperazine rings is 1. The molecule has 35 heavy (non-hydrogen) atoms. The number of esters is 1. The van der Waals surface area contributed by atoms with Crippen molar-refractivity contribution in [1.82, 2.24) is 9.80 Å². The van der Waals surface area contributed by atoms with Crippen molar-refractivity contribution in [1.29, 1.82) is 0 Å². The van der Waals surface area contributed by atoms with Gasteiger partial charge >= 0.3 is 5.97 Å². The highest BCUT2D eigenvalue weighted by atomic mass is 32.2. The lowest BCUT2D eigenvalue weighted by Gasteiger charge is -2.36. The van der Waals surface area contributed by atoms with E-state index in [0.29, 0.717) is 37.5 Å². The Morgan fingerprint density at radius 2 is 1.66 bits per heavy atom. The molecule has 2 aromatic rings. The molecule has 2 heterocycles. The van der Waals surface area contributed by atoms with E-state index < -0.39 is 17.1 Å². The molecule has 4 rings (SSSR count). The van der Waals surface area contributed by atoms with Crippen LogP contribution in [0.3, 0.4) is 0 Å². The molecule has 0 spiro atoms. The van der Waals surface area contributed by atoms with Crippen molar-refractivity contribution in [3.8, 4) is 5.75 Å². The number of imide groups is 1. The minimum Gasteiger partial charge on any atom is -0.482 e. The number of carbonyl (C=O) groups is 4. The molecule has 3 amide bonds. The Hall–Kier alpha value is -3.79. The first-order valence-electron chi connectivity index (χ1n) is 11.1. The third-order valence-corrected chi connectivity index (χ3v) is 6.59. The Bertz CT molecular complexity index is 1130. The summed E-state index contributed by atoms with van der Waals surface area (Å²) in [5.41, 5.74) is 1.79. The molecule has 0 aliphatic carbocycles. The van der Waals surface area contributed by atoms with Crippen molar-refractivity contribution in [2.75, 3.05) is 51.3 Å². The Kier molecular flexibility index (Phi) is 7.71. The van der Waals surface area contributed by atoms with Gasteiger partial charge in [0.1, 0.15) is 12.3 Å². The number of rotatable bonds is 7. The molecular formula is C25H25N3O6S. The number of benzene rings is 2. The number of hydrogen-bond donors (Lipinski definition) is 0. The van der Waals surface area contributed by atoms with Gasteiger partial charge in [0.15, 0.2) is 6.61 Å². The number of anilines is 1. The highest BCUT2D eigenvalue weighted by Gasteiger charge is 2.37.